The van der Waals surface area contributed by atoms with Gasteiger partial charge in [-0.15, -0.1) is 10.2 Å². The maximum atomic E-state index is 12.1. The molecule has 0 saturated carbocycles. The standard InChI is InChI=1S/C17H21N5O5S/c1-3-26-8-9-27-16(25)12-4-6-13(7-5-12)19-14(23)10-28-17-21-20-11(2)15(24)22(17)18/h4-7H,3,8-10,18H2,1-2H3,(H,19,23). The molecule has 2 aromatic rings. The van der Waals surface area contributed by atoms with Crippen LogP contribution in [0, 0.1) is 6.92 Å². The molecule has 0 fully saturated rings. The highest BCUT2D eigenvalue weighted by Gasteiger charge is 2.11. The normalized spacial score (nSPS) is 10.5. The summed E-state index contributed by atoms with van der Waals surface area (Å²) in [7, 11) is 0. The van der Waals surface area contributed by atoms with Gasteiger partial charge < -0.3 is 20.6 Å². The molecule has 2 rings (SSSR count). The number of nitrogens with one attached hydrogen (secondary N) is 1. The number of carbonyl (C=O) groups excluding carboxylic acids is 2. The summed E-state index contributed by atoms with van der Waals surface area (Å²) in [5.41, 5.74) is 0.581. The lowest BCUT2D eigenvalue weighted by molar-refractivity contribution is -0.113. The van der Waals surface area contributed by atoms with Crippen LogP contribution in [0.5, 0.6) is 0 Å². The van der Waals surface area contributed by atoms with Crippen LogP contribution < -0.4 is 16.7 Å². The fourth-order valence-electron chi connectivity index (χ4n) is 2.01. The Kier molecular flexibility index (Phi) is 7.96. The van der Waals surface area contributed by atoms with Gasteiger partial charge in [-0.3, -0.25) is 9.59 Å². The second kappa shape index (κ2) is 10.4. The molecule has 0 aliphatic carbocycles. The Morgan fingerprint density at radius 2 is 1.93 bits per heavy atom. The second-order valence-electron chi connectivity index (χ2n) is 5.49. The topological polar surface area (TPSA) is 138 Å². The molecule has 0 atom stereocenters. The van der Waals surface area contributed by atoms with Gasteiger partial charge in [-0.2, -0.15) is 4.68 Å². The van der Waals surface area contributed by atoms with E-state index >= 15 is 0 Å². The number of nitrogens with two attached hydrogens (primary N) is 1. The lowest BCUT2D eigenvalue weighted by Crippen LogP contribution is -2.32. The quantitative estimate of drug-likeness (QED) is 0.264. The number of aromatic nitrogens is 3. The first-order valence-electron chi connectivity index (χ1n) is 8.41. The predicted molar refractivity (Wildman–Crippen MR) is 104 cm³/mol. The van der Waals surface area contributed by atoms with Crippen LogP contribution in [0.25, 0.3) is 0 Å². The van der Waals surface area contributed by atoms with Gasteiger partial charge in [-0.1, -0.05) is 11.8 Å². The number of aryl methyl sites for hydroxylation is 1. The van der Waals surface area contributed by atoms with Crippen molar-refractivity contribution in [2.45, 2.75) is 19.0 Å². The Labute approximate surface area is 165 Å². The molecule has 1 heterocycles. The highest BCUT2D eigenvalue weighted by molar-refractivity contribution is 7.99. The average Bonchev–Trinajstić information content (AvgIpc) is 2.69. The molecule has 10 nitrogen and oxygen atoms in total. The molecule has 0 unspecified atom stereocenters. The maximum Gasteiger partial charge on any atom is 0.338 e. The Hall–Kier alpha value is -2.92. The number of nitrogen functional groups attached to an aromatic ring is 1. The number of carbonyl (C=O) groups is 2. The van der Waals surface area contributed by atoms with Crippen LogP contribution in [0.15, 0.2) is 34.2 Å². The molecule has 0 spiro atoms. The monoisotopic (exact) mass is 407 g/mol. The van der Waals surface area contributed by atoms with E-state index in [1.54, 1.807) is 24.3 Å². The zero-order valence-electron chi connectivity index (χ0n) is 15.5. The van der Waals surface area contributed by atoms with Crippen molar-refractivity contribution in [1.29, 1.82) is 0 Å². The van der Waals surface area contributed by atoms with Crippen LogP contribution in [0.3, 0.4) is 0 Å². The van der Waals surface area contributed by atoms with Crippen LogP contribution in [0.1, 0.15) is 23.0 Å². The third-order valence-electron chi connectivity index (χ3n) is 3.42. The number of amides is 1. The smallest absolute Gasteiger partial charge is 0.338 e. The Bertz CT molecular complexity index is 884. The molecule has 11 heteroatoms. The molecule has 28 heavy (non-hydrogen) atoms. The number of anilines is 1. The first-order chi connectivity index (χ1) is 13.4. The van der Waals surface area contributed by atoms with Gasteiger partial charge in [0, 0.05) is 12.3 Å². The largest absolute Gasteiger partial charge is 0.460 e. The lowest BCUT2D eigenvalue weighted by atomic mass is 10.2. The minimum atomic E-state index is -0.471. The highest BCUT2D eigenvalue weighted by Crippen LogP contribution is 2.14. The third-order valence-corrected chi connectivity index (χ3v) is 4.36. The van der Waals surface area contributed by atoms with E-state index < -0.39 is 11.5 Å². The number of thioether (sulfide) groups is 1. The van der Waals surface area contributed by atoms with Crippen molar-refractivity contribution in [3.8, 4) is 0 Å². The number of ether oxygens (including phenoxy) is 2. The van der Waals surface area contributed by atoms with Crippen LogP contribution >= 0.6 is 11.8 Å². The number of rotatable bonds is 9. The number of hydrogen-bond donors (Lipinski definition) is 2. The van der Waals surface area contributed by atoms with Crippen LogP contribution in [0.2, 0.25) is 0 Å². The molecule has 1 aromatic heterocycles. The van der Waals surface area contributed by atoms with Crippen LogP contribution in [-0.4, -0.2) is 52.3 Å². The Balaban J connectivity index is 1.85. The number of hydrogen-bond acceptors (Lipinski definition) is 9. The van der Waals surface area contributed by atoms with Crippen molar-refractivity contribution >= 4 is 29.3 Å². The SMILES string of the molecule is CCOCCOC(=O)c1ccc(NC(=O)CSc2nnc(C)c(=O)n2N)cc1. The third kappa shape index (κ3) is 6.06. The van der Waals surface area contributed by atoms with E-state index in [0.29, 0.717) is 24.5 Å². The maximum absolute atomic E-state index is 12.1. The molecule has 0 aliphatic heterocycles. The summed E-state index contributed by atoms with van der Waals surface area (Å²) in [5.74, 6) is 4.81. The van der Waals surface area contributed by atoms with Crippen molar-refractivity contribution in [3.05, 3.63) is 45.9 Å². The minimum Gasteiger partial charge on any atom is -0.460 e. The van der Waals surface area contributed by atoms with E-state index in [9.17, 15) is 14.4 Å². The molecule has 0 saturated heterocycles. The summed E-state index contributed by atoms with van der Waals surface area (Å²) in [6.07, 6.45) is 0. The Morgan fingerprint density at radius 3 is 2.61 bits per heavy atom. The van der Waals surface area contributed by atoms with E-state index in [1.165, 1.54) is 6.92 Å². The van der Waals surface area contributed by atoms with Crippen LogP contribution in [0.4, 0.5) is 5.69 Å². The summed E-state index contributed by atoms with van der Waals surface area (Å²) in [6.45, 7) is 4.44. The summed E-state index contributed by atoms with van der Waals surface area (Å²) in [4.78, 5) is 35.6. The first kappa shape index (κ1) is 21.4. The average molecular weight is 407 g/mol. The van der Waals surface area contributed by atoms with Crippen molar-refractivity contribution < 1.29 is 19.1 Å². The predicted octanol–water partition coefficient (Wildman–Crippen LogP) is 0.585. The summed E-state index contributed by atoms with van der Waals surface area (Å²) in [5, 5.41) is 10.3. The minimum absolute atomic E-state index is 0.0183. The molecule has 150 valence electrons. The molecule has 1 aromatic carbocycles. The number of nitrogens with zero attached hydrogens (tertiary/aromatic N) is 3. The molecule has 1 amide bonds. The molecule has 3 N–H and O–H groups in total. The summed E-state index contributed by atoms with van der Waals surface area (Å²) < 4.78 is 11.0. The van der Waals surface area contributed by atoms with Gasteiger partial charge in [0.2, 0.25) is 11.1 Å². The number of esters is 1. The van der Waals surface area contributed by atoms with E-state index in [4.69, 9.17) is 15.3 Å². The van der Waals surface area contributed by atoms with Gasteiger partial charge >= 0.3 is 5.97 Å². The fourth-order valence-corrected chi connectivity index (χ4v) is 2.66. The molecular weight excluding hydrogens is 386 g/mol. The first-order valence-corrected chi connectivity index (χ1v) is 9.40. The molecule has 0 aliphatic rings. The van der Waals surface area contributed by atoms with Gasteiger partial charge in [0.15, 0.2) is 0 Å². The van der Waals surface area contributed by atoms with Crippen molar-refractivity contribution in [1.82, 2.24) is 14.9 Å². The molecule has 0 radical (unpaired) electrons. The van der Waals surface area contributed by atoms with Crippen molar-refractivity contribution in [2.24, 2.45) is 0 Å². The lowest BCUT2D eigenvalue weighted by Gasteiger charge is -2.08. The Morgan fingerprint density at radius 1 is 1.21 bits per heavy atom. The summed E-state index contributed by atoms with van der Waals surface area (Å²) >= 11 is 0.985. The zero-order valence-corrected chi connectivity index (χ0v) is 16.3. The number of benzene rings is 1. The zero-order chi connectivity index (χ0) is 20.5. The second-order valence-corrected chi connectivity index (χ2v) is 6.43. The van der Waals surface area contributed by atoms with E-state index in [1.807, 2.05) is 6.92 Å². The van der Waals surface area contributed by atoms with Crippen molar-refractivity contribution in [3.63, 3.8) is 0 Å². The van der Waals surface area contributed by atoms with Crippen LogP contribution in [-0.2, 0) is 14.3 Å². The van der Waals surface area contributed by atoms with Gasteiger partial charge in [0.05, 0.1) is 17.9 Å². The molecular formula is C17H21N5O5S. The van der Waals surface area contributed by atoms with E-state index in [2.05, 4.69) is 15.5 Å². The molecule has 0 bridgehead atoms. The van der Waals surface area contributed by atoms with Gasteiger partial charge in [-0.05, 0) is 38.1 Å². The summed E-state index contributed by atoms with van der Waals surface area (Å²) in [6, 6.07) is 6.28. The van der Waals surface area contributed by atoms with E-state index in [0.717, 1.165) is 16.4 Å². The van der Waals surface area contributed by atoms with Gasteiger partial charge in [-0.25, -0.2) is 4.79 Å². The van der Waals surface area contributed by atoms with Gasteiger partial charge in [0.25, 0.3) is 5.56 Å². The highest BCUT2D eigenvalue weighted by atomic mass is 32.2. The van der Waals surface area contributed by atoms with Crippen molar-refractivity contribution in [2.75, 3.05) is 36.7 Å². The fraction of sp³-hybridized carbons (Fsp3) is 0.353. The van der Waals surface area contributed by atoms with Gasteiger partial charge in [0.1, 0.15) is 12.3 Å². The van der Waals surface area contributed by atoms with E-state index in [-0.39, 0.29) is 29.1 Å².